The van der Waals surface area contributed by atoms with E-state index in [-0.39, 0.29) is 0 Å². The Morgan fingerprint density at radius 1 is 1.12 bits per heavy atom. The molecule has 2 aromatic heterocycles. The Balaban J connectivity index is 2.03. The summed E-state index contributed by atoms with van der Waals surface area (Å²) in [7, 11) is 0. The summed E-state index contributed by atoms with van der Waals surface area (Å²) in [5, 5.41) is 10.2. The molecule has 3 heteroatoms. The normalized spacial score (nSPS) is 14.9. The van der Waals surface area contributed by atoms with Crippen LogP contribution in [0.2, 0.25) is 0 Å². The standard InChI is InChI=1S/C13H17NS2/c1-9-4-7-16-13(9)11(3)14-10(2)12-5-6-15-8-12/h4-8,10-11,14H,1-3H3. The third-order valence-electron chi connectivity index (χ3n) is 2.84. The van der Waals surface area contributed by atoms with Gasteiger partial charge in [-0.3, -0.25) is 0 Å². The van der Waals surface area contributed by atoms with Gasteiger partial charge in [-0.15, -0.1) is 11.3 Å². The van der Waals surface area contributed by atoms with Gasteiger partial charge in [-0.2, -0.15) is 11.3 Å². The first-order chi connectivity index (χ1) is 7.68. The van der Waals surface area contributed by atoms with Gasteiger partial charge in [0.2, 0.25) is 0 Å². The second kappa shape index (κ2) is 5.13. The van der Waals surface area contributed by atoms with Crippen LogP contribution in [0.1, 0.15) is 41.9 Å². The van der Waals surface area contributed by atoms with E-state index in [1.54, 1.807) is 11.3 Å². The molecule has 2 heterocycles. The smallest absolute Gasteiger partial charge is 0.0393 e. The lowest BCUT2D eigenvalue weighted by Crippen LogP contribution is -2.21. The lowest BCUT2D eigenvalue weighted by Gasteiger charge is -2.19. The molecule has 0 saturated carbocycles. The highest BCUT2D eigenvalue weighted by Gasteiger charge is 2.13. The Labute approximate surface area is 105 Å². The summed E-state index contributed by atoms with van der Waals surface area (Å²) in [6.45, 7) is 6.64. The molecule has 0 radical (unpaired) electrons. The van der Waals surface area contributed by atoms with Gasteiger partial charge in [-0.25, -0.2) is 0 Å². The molecule has 0 aliphatic carbocycles. The van der Waals surface area contributed by atoms with Crippen molar-refractivity contribution in [3.63, 3.8) is 0 Å². The van der Waals surface area contributed by atoms with Crippen LogP contribution in [0.3, 0.4) is 0 Å². The molecular weight excluding hydrogens is 234 g/mol. The largest absolute Gasteiger partial charge is 0.303 e. The van der Waals surface area contributed by atoms with E-state index in [4.69, 9.17) is 0 Å². The van der Waals surface area contributed by atoms with Crippen molar-refractivity contribution in [2.75, 3.05) is 0 Å². The highest BCUT2D eigenvalue weighted by molar-refractivity contribution is 7.10. The fourth-order valence-corrected chi connectivity index (χ4v) is 3.60. The van der Waals surface area contributed by atoms with E-state index in [0.717, 1.165) is 0 Å². The number of rotatable bonds is 4. The number of hydrogen-bond donors (Lipinski definition) is 1. The van der Waals surface area contributed by atoms with Crippen LogP contribution in [0.4, 0.5) is 0 Å². The quantitative estimate of drug-likeness (QED) is 0.842. The molecule has 0 fully saturated rings. The highest BCUT2D eigenvalue weighted by Crippen LogP contribution is 2.26. The minimum Gasteiger partial charge on any atom is -0.303 e. The molecule has 0 spiro atoms. The average Bonchev–Trinajstić information content (AvgIpc) is 2.86. The maximum absolute atomic E-state index is 3.64. The van der Waals surface area contributed by atoms with Crippen LogP contribution in [0.15, 0.2) is 28.3 Å². The molecule has 2 rings (SSSR count). The second-order valence-corrected chi connectivity index (χ2v) is 5.86. The maximum Gasteiger partial charge on any atom is 0.0393 e. The zero-order chi connectivity index (χ0) is 11.5. The van der Waals surface area contributed by atoms with E-state index in [1.807, 2.05) is 11.3 Å². The Morgan fingerprint density at radius 2 is 1.94 bits per heavy atom. The third-order valence-corrected chi connectivity index (χ3v) is 4.74. The molecule has 2 atom stereocenters. The summed E-state index contributed by atoms with van der Waals surface area (Å²) in [4.78, 5) is 1.45. The highest BCUT2D eigenvalue weighted by atomic mass is 32.1. The molecule has 0 aliphatic rings. The molecular formula is C13H17NS2. The molecule has 0 bridgehead atoms. The first-order valence-electron chi connectivity index (χ1n) is 5.50. The van der Waals surface area contributed by atoms with Crippen molar-refractivity contribution in [2.45, 2.75) is 32.9 Å². The number of nitrogens with one attached hydrogen (secondary N) is 1. The zero-order valence-electron chi connectivity index (χ0n) is 9.86. The maximum atomic E-state index is 3.64. The van der Waals surface area contributed by atoms with E-state index in [2.05, 4.69) is 54.4 Å². The lowest BCUT2D eigenvalue weighted by atomic mass is 10.1. The molecule has 0 amide bonds. The average molecular weight is 251 g/mol. The van der Waals surface area contributed by atoms with Crippen molar-refractivity contribution >= 4 is 22.7 Å². The van der Waals surface area contributed by atoms with Gasteiger partial charge in [0.05, 0.1) is 0 Å². The number of thiophene rings is 2. The molecule has 2 aromatic rings. The van der Waals surface area contributed by atoms with Gasteiger partial charge in [0, 0.05) is 17.0 Å². The van der Waals surface area contributed by atoms with Gasteiger partial charge in [0.15, 0.2) is 0 Å². The van der Waals surface area contributed by atoms with E-state index >= 15 is 0 Å². The van der Waals surface area contributed by atoms with Crippen molar-refractivity contribution in [1.82, 2.24) is 5.32 Å². The van der Waals surface area contributed by atoms with Crippen LogP contribution in [0.5, 0.6) is 0 Å². The van der Waals surface area contributed by atoms with Crippen molar-refractivity contribution in [1.29, 1.82) is 0 Å². The number of hydrogen-bond acceptors (Lipinski definition) is 3. The Morgan fingerprint density at radius 3 is 2.50 bits per heavy atom. The predicted molar refractivity (Wildman–Crippen MR) is 73.3 cm³/mol. The van der Waals surface area contributed by atoms with Gasteiger partial charge >= 0.3 is 0 Å². The first-order valence-corrected chi connectivity index (χ1v) is 7.33. The van der Waals surface area contributed by atoms with Gasteiger partial charge in [0.25, 0.3) is 0 Å². The van der Waals surface area contributed by atoms with E-state index in [1.165, 1.54) is 16.0 Å². The van der Waals surface area contributed by atoms with Crippen molar-refractivity contribution in [3.8, 4) is 0 Å². The SMILES string of the molecule is Cc1ccsc1C(C)NC(C)c1ccsc1. The Hall–Kier alpha value is -0.640. The predicted octanol–water partition coefficient (Wildman–Crippen LogP) is 4.53. The van der Waals surface area contributed by atoms with Gasteiger partial charge in [-0.05, 0) is 60.2 Å². The van der Waals surface area contributed by atoms with Crippen LogP contribution in [0.25, 0.3) is 0 Å². The second-order valence-electron chi connectivity index (χ2n) is 4.13. The first kappa shape index (κ1) is 11.8. The monoisotopic (exact) mass is 251 g/mol. The van der Waals surface area contributed by atoms with Crippen LogP contribution in [-0.2, 0) is 0 Å². The van der Waals surface area contributed by atoms with Crippen molar-refractivity contribution in [3.05, 3.63) is 44.3 Å². The fourth-order valence-electron chi connectivity index (χ4n) is 1.90. The number of aryl methyl sites for hydroxylation is 1. The van der Waals surface area contributed by atoms with Gasteiger partial charge < -0.3 is 5.32 Å². The van der Waals surface area contributed by atoms with Gasteiger partial charge in [-0.1, -0.05) is 0 Å². The van der Waals surface area contributed by atoms with Crippen LogP contribution < -0.4 is 5.32 Å². The van der Waals surface area contributed by atoms with E-state index < -0.39 is 0 Å². The Bertz CT molecular complexity index is 430. The third kappa shape index (κ3) is 2.54. The molecule has 2 unspecified atom stereocenters. The summed E-state index contributed by atoms with van der Waals surface area (Å²) in [5.74, 6) is 0. The van der Waals surface area contributed by atoms with Crippen molar-refractivity contribution in [2.24, 2.45) is 0 Å². The van der Waals surface area contributed by atoms with Crippen LogP contribution >= 0.6 is 22.7 Å². The zero-order valence-corrected chi connectivity index (χ0v) is 11.5. The molecule has 16 heavy (non-hydrogen) atoms. The summed E-state index contributed by atoms with van der Waals surface area (Å²) < 4.78 is 0. The lowest BCUT2D eigenvalue weighted by molar-refractivity contribution is 0.500. The molecule has 1 N–H and O–H groups in total. The minimum absolute atomic E-state index is 0.419. The summed E-state index contributed by atoms with van der Waals surface area (Å²) in [5.41, 5.74) is 2.77. The molecule has 0 saturated heterocycles. The fraction of sp³-hybridized carbons (Fsp3) is 0.385. The molecule has 86 valence electrons. The summed E-state index contributed by atoms with van der Waals surface area (Å²) in [6, 6.07) is 5.22. The minimum atomic E-state index is 0.419. The van der Waals surface area contributed by atoms with E-state index in [9.17, 15) is 0 Å². The van der Waals surface area contributed by atoms with Crippen LogP contribution in [0, 0.1) is 6.92 Å². The summed E-state index contributed by atoms with van der Waals surface area (Å²) in [6.07, 6.45) is 0. The molecule has 1 nitrogen and oxygen atoms in total. The van der Waals surface area contributed by atoms with Gasteiger partial charge in [0.1, 0.15) is 0 Å². The van der Waals surface area contributed by atoms with Crippen LogP contribution in [-0.4, -0.2) is 0 Å². The topological polar surface area (TPSA) is 12.0 Å². The molecule has 0 aliphatic heterocycles. The summed E-state index contributed by atoms with van der Waals surface area (Å²) >= 11 is 3.60. The molecule has 0 aromatic carbocycles. The Kier molecular flexibility index (Phi) is 3.79. The van der Waals surface area contributed by atoms with Crippen molar-refractivity contribution < 1.29 is 0 Å². The van der Waals surface area contributed by atoms with E-state index in [0.29, 0.717) is 12.1 Å².